The van der Waals surface area contributed by atoms with E-state index in [4.69, 9.17) is 5.73 Å². The van der Waals surface area contributed by atoms with E-state index in [1.165, 1.54) is 40.0 Å². The molecule has 0 radical (unpaired) electrons. The molecule has 0 aliphatic carbocycles. The van der Waals surface area contributed by atoms with E-state index in [9.17, 15) is 4.79 Å². The van der Waals surface area contributed by atoms with Gasteiger partial charge >= 0.3 is 0 Å². The third-order valence-electron chi connectivity index (χ3n) is 3.46. The highest BCUT2D eigenvalue weighted by Gasteiger charge is 2.11. The number of anilines is 2. The summed E-state index contributed by atoms with van der Waals surface area (Å²) < 4.78 is 1.06. The summed E-state index contributed by atoms with van der Waals surface area (Å²) in [6, 6.07) is 7.92. The number of nitrogens with two attached hydrogens (primary N) is 1. The molecule has 0 spiro atoms. The van der Waals surface area contributed by atoms with E-state index >= 15 is 0 Å². The van der Waals surface area contributed by atoms with Crippen LogP contribution in [0.1, 0.15) is 5.56 Å². The van der Waals surface area contributed by atoms with Gasteiger partial charge in [0.05, 0.1) is 21.4 Å². The van der Waals surface area contributed by atoms with Crippen LogP contribution in [0, 0.1) is 6.92 Å². The lowest BCUT2D eigenvalue weighted by molar-refractivity contribution is -0.113. The highest BCUT2D eigenvalue weighted by Crippen LogP contribution is 2.28. The predicted octanol–water partition coefficient (Wildman–Crippen LogP) is 3.92. The van der Waals surface area contributed by atoms with Crippen LogP contribution < -0.4 is 11.1 Å². The van der Waals surface area contributed by atoms with Gasteiger partial charge in [-0.3, -0.25) is 4.79 Å². The number of benzene rings is 1. The van der Waals surface area contributed by atoms with E-state index in [1.54, 1.807) is 0 Å². The van der Waals surface area contributed by atoms with E-state index in [0.29, 0.717) is 16.1 Å². The van der Waals surface area contributed by atoms with Crippen LogP contribution in [0.3, 0.4) is 0 Å². The summed E-state index contributed by atoms with van der Waals surface area (Å²) in [5.41, 5.74) is 7.98. The van der Waals surface area contributed by atoms with Crippen molar-refractivity contribution < 1.29 is 4.79 Å². The Morgan fingerprint density at radius 1 is 1.28 bits per heavy atom. The Kier molecular flexibility index (Phi) is 4.28. The number of carbonyl (C=O) groups excluding carboxylic acids is 1. The molecule has 4 rings (SSSR count). The van der Waals surface area contributed by atoms with Gasteiger partial charge in [0.25, 0.3) is 0 Å². The van der Waals surface area contributed by atoms with Crippen molar-refractivity contribution >= 4 is 71.7 Å². The van der Waals surface area contributed by atoms with Gasteiger partial charge in [-0.1, -0.05) is 29.2 Å². The molecule has 0 aliphatic rings. The number of thiophene rings is 1. The topological polar surface area (TPSA) is 93.8 Å². The van der Waals surface area contributed by atoms with Crippen LogP contribution in [0.5, 0.6) is 0 Å². The van der Waals surface area contributed by atoms with Crippen molar-refractivity contribution in [3.63, 3.8) is 0 Å². The monoisotopic (exact) mass is 387 g/mol. The first-order valence-electron chi connectivity index (χ1n) is 7.39. The summed E-state index contributed by atoms with van der Waals surface area (Å²) in [6.07, 6.45) is 0. The fourth-order valence-corrected chi connectivity index (χ4v) is 4.75. The number of hydrogen-bond acceptors (Lipinski definition) is 8. The number of thiazole rings is 1. The van der Waals surface area contributed by atoms with Crippen molar-refractivity contribution in [2.75, 3.05) is 16.8 Å². The van der Waals surface area contributed by atoms with Gasteiger partial charge < -0.3 is 11.1 Å². The largest absolute Gasteiger partial charge is 0.383 e. The highest BCUT2D eigenvalue weighted by atomic mass is 32.2. The Hall–Kier alpha value is -2.23. The maximum absolute atomic E-state index is 12.2. The number of nitrogens with one attached hydrogen (secondary N) is 1. The zero-order chi connectivity index (χ0) is 17.4. The second-order valence-corrected chi connectivity index (χ2v) is 8.23. The van der Waals surface area contributed by atoms with Gasteiger partial charge in [0.1, 0.15) is 10.6 Å². The number of thioether (sulfide) groups is 1. The van der Waals surface area contributed by atoms with Gasteiger partial charge in [0.15, 0.2) is 10.3 Å². The summed E-state index contributed by atoms with van der Waals surface area (Å²) in [6.45, 7) is 2.03. The molecule has 0 saturated carbocycles. The first-order valence-corrected chi connectivity index (χ1v) is 10.1. The molecule has 3 heterocycles. The van der Waals surface area contributed by atoms with Crippen LogP contribution in [-0.4, -0.2) is 26.6 Å². The molecule has 6 nitrogen and oxygen atoms in total. The minimum Gasteiger partial charge on any atom is -0.383 e. The molecule has 3 N–H and O–H groups in total. The van der Waals surface area contributed by atoms with E-state index in [1.807, 2.05) is 30.5 Å². The van der Waals surface area contributed by atoms with Gasteiger partial charge in [-0.25, -0.2) is 15.0 Å². The van der Waals surface area contributed by atoms with Gasteiger partial charge in [-0.2, -0.15) is 0 Å². The molecule has 9 heteroatoms. The second-order valence-electron chi connectivity index (χ2n) is 5.36. The lowest BCUT2D eigenvalue weighted by Crippen LogP contribution is -2.14. The molecular formula is C16H13N5OS3. The standard InChI is InChI=1S/C16H13N5OS3/c1-8-2-3-10-11(6-8)25-16(18-10)19-12(22)7-24-15-20-13(17)9-4-5-23-14(9)21-15/h2-6H,7H2,1H3,(H2,17,20,21)(H,18,19,22). The number of nitrogens with zero attached hydrogens (tertiary/aromatic N) is 3. The van der Waals surface area contributed by atoms with Crippen LogP contribution >= 0.6 is 34.4 Å². The number of carbonyl (C=O) groups is 1. The number of aryl methyl sites for hydroxylation is 1. The second kappa shape index (κ2) is 6.58. The number of fused-ring (bicyclic) bond motifs is 2. The highest BCUT2D eigenvalue weighted by molar-refractivity contribution is 7.99. The quantitative estimate of drug-likeness (QED) is 0.407. The molecule has 0 saturated heterocycles. The summed E-state index contributed by atoms with van der Waals surface area (Å²) in [4.78, 5) is 26.1. The minimum absolute atomic E-state index is 0.144. The Bertz CT molecular complexity index is 1090. The molecule has 25 heavy (non-hydrogen) atoms. The third kappa shape index (κ3) is 3.44. The number of rotatable bonds is 4. The van der Waals surface area contributed by atoms with Crippen molar-refractivity contribution in [2.24, 2.45) is 0 Å². The SMILES string of the molecule is Cc1ccc2nc(NC(=O)CSc3nc(N)c4ccsc4n3)sc2c1. The summed E-state index contributed by atoms with van der Waals surface area (Å²) >= 11 is 4.23. The smallest absolute Gasteiger partial charge is 0.236 e. The first kappa shape index (κ1) is 16.2. The van der Waals surface area contributed by atoms with Crippen molar-refractivity contribution in [1.82, 2.24) is 15.0 Å². The Labute approximate surface area is 155 Å². The Morgan fingerprint density at radius 2 is 2.16 bits per heavy atom. The van der Waals surface area contributed by atoms with Crippen molar-refractivity contribution in [2.45, 2.75) is 12.1 Å². The van der Waals surface area contributed by atoms with Crippen molar-refractivity contribution in [3.8, 4) is 0 Å². The number of aromatic nitrogens is 3. The van der Waals surface area contributed by atoms with E-state index in [0.717, 1.165) is 20.4 Å². The lowest BCUT2D eigenvalue weighted by Gasteiger charge is -2.02. The Morgan fingerprint density at radius 3 is 3.04 bits per heavy atom. The zero-order valence-electron chi connectivity index (χ0n) is 13.1. The molecular weight excluding hydrogens is 374 g/mol. The molecule has 0 bridgehead atoms. The van der Waals surface area contributed by atoms with Crippen LogP contribution in [-0.2, 0) is 4.79 Å². The van der Waals surface area contributed by atoms with Gasteiger partial charge in [-0.15, -0.1) is 11.3 Å². The molecule has 0 atom stereocenters. The van der Waals surface area contributed by atoms with Crippen molar-refractivity contribution in [1.29, 1.82) is 0 Å². The zero-order valence-corrected chi connectivity index (χ0v) is 15.6. The minimum atomic E-state index is -0.144. The van der Waals surface area contributed by atoms with E-state index in [-0.39, 0.29) is 11.7 Å². The van der Waals surface area contributed by atoms with E-state index < -0.39 is 0 Å². The molecule has 4 aromatic rings. The summed E-state index contributed by atoms with van der Waals surface area (Å²) in [5.74, 6) is 0.496. The molecule has 0 fully saturated rings. The third-order valence-corrected chi connectivity index (χ3v) is 6.04. The van der Waals surface area contributed by atoms with Gasteiger partial charge in [0, 0.05) is 0 Å². The Balaban J connectivity index is 1.44. The molecule has 1 aromatic carbocycles. The van der Waals surface area contributed by atoms with E-state index in [2.05, 4.69) is 26.3 Å². The van der Waals surface area contributed by atoms with Gasteiger partial charge in [0.2, 0.25) is 5.91 Å². The molecule has 1 amide bonds. The number of nitrogen functional groups attached to an aromatic ring is 1. The van der Waals surface area contributed by atoms with Crippen LogP contribution in [0.25, 0.3) is 20.4 Å². The summed E-state index contributed by atoms with van der Waals surface area (Å²) in [7, 11) is 0. The normalized spacial score (nSPS) is 11.2. The number of amides is 1. The lowest BCUT2D eigenvalue weighted by atomic mass is 10.2. The maximum Gasteiger partial charge on any atom is 0.236 e. The average Bonchev–Trinajstić information content (AvgIpc) is 3.19. The predicted molar refractivity (Wildman–Crippen MR) is 106 cm³/mol. The van der Waals surface area contributed by atoms with Crippen LogP contribution in [0.15, 0.2) is 34.8 Å². The molecule has 0 aliphatic heterocycles. The summed E-state index contributed by atoms with van der Waals surface area (Å²) in [5, 5.41) is 6.70. The maximum atomic E-state index is 12.2. The van der Waals surface area contributed by atoms with Crippen LogP contribution in [0.4, 0.5) is 10.9 Å². The number of hydrogen-bond donors (Lipinski definition) is 2. The molecule has 0 unspecified atom stereocenters. The van der Waals surface area contributed by atoms with Crippen LogP contribution in [0.2, 0.25) is 0 Å². The fourth-order valence-electron chi connectivity index (χ4n) is 2.29. The van der Waals surface area contributed by atoms with Gasteiger partial charge in [-0.05, 0) is 36.1 Å². The molecule has 3 aromatic heterocycles. The average molecular weight is 388 g/mol. The van der Waals surface area contributed by atoms with Crippen molar-refractivity contribution in [3.05, 3.63) is 35.2 Å². The fraction of sp³-hybridized carbons (Fsp3) is 0.125. The first-order chi connectivity index (χ1) is 12.1. The molecule has 126 valence electrons.